The van der Waals surface area contributed by atoms with Crippen LogP contribution in [-0.4, -0.2) is 44.8 Å². The lowest BCUT2D eigenvalue weighted by Gasteiger charge is -2.14. The molecule has 0 radical (unpaired) electrons. The van der Waals surface area contributed by atoms with Gasteiger partial charge in [-0.05, 0) is 80.5 Å². The van der Waals surface area contributed by atoms with Gasteiger partial charge in [0.25, 0.3) is 10.0 Å². The summed E-state index contributed by atoms with van der Waals surface area (Å²) in [5.41, 5.74) is 1.61. The van der Waals surface area contributed by atoms with E-state index in [4.69, 9.17) is 4.74 Å². The summed E-state index contributed by atoms with van der Waals surface area (Å²) in [5, 5.41) is 2.84. The molecule has 2 aromatic carbocycles. The molecule has 0 spiro atoms. The Balaban J connectivity index is 1.30. The summed E-state index contributed by atoms with van der Waals surface area (Å²) in [7, 11) is -1.91. The Hall–Kier alpha value is -2.87. The van der Waals surface area contributed by atoms with Gasteiger partial charge in [-0.1, -0.05) is 12.1 Å². The lowest BCUT2D eigenvalue weighted by molar-refractivity contribution is -0.116. The number of ether oxygens (including phenoxy) is 1. The van der Waals surface area contributed by atoms with E-state index in [0.717, 1.165) is 37.1 Å². The summed E-state index contributed by atoms with van der Waals surface area (Å²) in [6, 6.07) is 14.1. The fourth-order valence-electron chi connectivity index (χ4n) is 4.27. The molecule has 2 aliphatic rings. The van der Waals surface area contributed by atoms with Gasteiger partial charge in [0.05, 0.1) is 11.0 Å². The van der Waals surface area contributed by atoms with E-state index in [1.54, 1.807) is 12.1 Å². The molecular formula is C25H31N3O4S. The van der Waals surface area contributed by atoms with Crippen molar-refractivity contribution in [3.8, 4) is 5.75 Å². The predicted octanol–water partition coefficient (Wildman–Crippen LogP) is 4.39. The highest BCUT2D eigenvalue weighted by atomic mass is 32.2. The van der Waals surface area contributed by atoms with Crippen molar-refractivity contribution >= 4 is 27.5 Å². The quantitative estimate of drug-likeness (QED) is 0.619. The van der Waals surface area contributed by atoms with Crippen LogP contribution in [0.25, 0.3) is 0 Å². The number of sulfonamides is 1. The van der Waals surface area contributed by atoms with Gasteiger partial charge in [0.2, 0.25) is 5.91 Å². The molecule has 1 aliphatic heterocycles. The Kier molecular flexibility index (Phi) is 7.33. The molecule has 1 saturated heterocycles. The molecule has 0 bridgehead atoms. The number of anilines is 1. The number of benzene rings is 2. The van der Waals surface area contributed by atoms with E-state index in [9.17, 15) is 13.2 Å². The van der Waals surface area contributed by atoms with E-state index >= 15 is 0 Å². The second kappa shape index (κ2) is 10.4. The lowest BCUT2D eigenvalue weighted by Crippen LogP contribution is -2.20. The average molecular weight is 470 g/mol. The van der Waals surface area contributed by atoms with Crippen LogP contribution in [0.1, 0.15) is 50.5 Å². The number of aryl methyl sites for hydroxylation is 1. The predicted molar refractivity (Wildman–Crippen MR) is 129 cm³/mol. The average Bonchev–Trinajstić information content (AvgIpc) is 3.45. The molecule has 1 heterocycles. The smallest absolute Gasteiger partial charge is 0.283 e. The Morgan fingerprint density at radius 1 is 1.12 bits per heavy atom. The molecule has 1 N–H and O–H groups in total. The normalized spacial score (nSPS) is 18.1. The van der Waals surface area contributed by atoms with Crippen molar-refractivity contribution in [2.45, 2.75) is 62.4 Å². The second-order valence-corrected chi connectivity index (χ2v) is 10.4. The maximum Gasteiger partial charge on any atom is 0.283 e. The molecule has 0 aromatic heterocycles. The van der Waals surface area contributed by atoms with Crippen molar-refractivity contribution in [1.29, 1.82) is 0 Å². The number of nitrogens with zero attached hydrogens (tertiary/aromatic N) is 2. The fraction of sp³-hybridized carbons (Fsp3) is 0.440. The van der Waals surface area contributed by atoms with Gasteiger partial charge in [-0.25, -0.2) is 0 Å². The number of nitrogens with one attached hydrogen (secondary N) is 1. The first-order chi connectivity index (χ1) is 15.9. The molecule has 4 rings (SSSR count). The van der Waals surface area contributed by atoms with Crippen LogP contribution in [0.2, 0.25) is 0 Å². The van der Waals surface area contributed by atoms with Gasteiger partial charge in [0.15, 0.2) is 0 Å². The number of carbonyl (C=O) groups excluding carboxylic acids is 1. The Labute approximate surface area is 195 Å². The third kappa shape index (κ3) is 6.35. The van der Waals surface area contributed by atoms with Gasteiger partial charge in [-0.2, -0.15) is 8.42 Å². The molecule has 1 amide bonds. The Morgan fingerprint density at radius 2 is 1.88 bits per heavy atom. The minimum Gasteiger partial charge on any atom is -0.490 e. The van der Waals surface area contributed by atoms with Gasteiger partial charge in [-0.3, -0.25) is 4.79 Å². The maximum atomic E-state index is 12.6. The number of rotatable bonds is 8. The molecule has 0 unspecified atom stereocenters. The van der Waals surface area contributed by atoms with E-state index in [2.05, 4.69) is 9.71 Å². The molecule has 2 aromatic rings. The first-order valence-corrected chi connectivity index (χ1v) is 13.0. The van der Waals surface area contributed by atoms with Crippen molar-refractivity contribution in [3.63, 3.8) is 0 Å². The van der Waals surface area contributed by atoms with E-state index in [-0.39, 0.29) is 10.8 Å². The van der Waals surface area contributed by atoms with Crippen LogP contribution >= 0.6 is 0 Å². The van der Waals surface area contributed by atoms with Gasteiger partial charge < -0.3 is 15.0 Å². The number of hydrogen-bond acceptors (Lipinski definition) is 4. The third-order valence-corrected chi connectivity index (χ3v) is 7.46. The monoisotopic (exact) mass is 469 g/mol. The van der Waals surface area contributed by atoms with Crippen molar-refractivity contribution in [1.82, 2.24) is 4.90 Å². The molecule has 176 valence electrons. The first-order valence-electron chi connectivity index (χ1n) is 11.6. The Morgan fingerprint density at radius 3 is 2.58 bits per heavy atom. The zero-order valence-electron chi connectivity index (χ0n) is 19.0. The number of carbonyl (C=O) groups is 1. The van der Waals surface area contributed by atoms with Crippen molar-refractivity contribution in [3.05, 3.63) is 54.1 Å². The highest BCUT2D eigenvalue weighted by Gasteiger charge is 2.20. The van der Waals surface area contributed by atoms with E-state index in [1.165, 1.54) is 25.0 Å². The van der Waals surface area contributed by atoms with Crippen LogP contribution in [0.3, 0.4) is 0 Å². The van der Waals surface area contributed by atoms with Crippen LogP contribution in [0, 0.1) is 0 Å². The second-order valence-electron chi connectivity index (χ2n) is 8.75. The third-order valence-electron chi connectivity index (χ3n) is 6.14. The molecule has 8 heteroatoms. The summed E-state index contributed by atoms with van der Waals surface area (Å²) in [5.74, 6) is 1.33. The minimum absolute atomic E-state index is 0.118. The van der Waals surface area contributed by atoms with Gasteiger partial charge in [0, 0.05) is 32.1 Å². The van der Waals surface area contributed by atoms with Crippen LogP contribution < -0.4 is 10.1 Å². The molecule has 1 aliphatic carbocycles. The zero-order valence-corrected chi connectivity index (χ0v) is 19.8. The summed E-state index contributed by atoms with van der Waals surface area (Å²) in [4.78, 5) is 14.4. The molecule has 33 heavy (non-hydrogen) atoms. The highest BCUT2D eigenvalue weighted by Crippen LogP contribution is 2.25. The van der Waals surface area contributed by atoms with Crippen molar-refractivity contribution < 1.29 is 17.9 Å². The first kappa shape index (κ1) is 23.3. The lowest BCUT2D eigenvalue weighted by atomic mass is 10.1. The maximum absolute atomic E-state index is 12.6. The standard InChI is InChI=1S/C25H31N3O4S/c1-28-17-5-10-24(28)27-33(30,31)23-14-12-20(13-15-23)26-25(29)16-11-19-6-4-9-22(18-19)32-21-7-2-3-8-21/h4,6,9,12-15,18,21H,2-3,5,7-8,10-11,16-17H2,1H3,(H,26,29)/b27-24+. The molecule has 1 saturated carbocycles. The summed E-state index contributed by atoms with van der Waals surface area (Å²) in [6.07, 6.45) is 7.48. The van der Waals surface area contributed by atoms with Crippen LogP contribution in [-0.2, 0) is 21.2 Å². The zero-order chi connectivity index (χ0) is 23.3. The Bertz CT molecular complexity index is 1110. The molecule has 2 fully saturated rings. The SMILES string of the molecule is CN1CCC/C1=N\S(=O)(=O)c1ccc(NC(=O)CCc2cccc(OC3CCCC3)c2)cc1. The minimum atomic E-state index is -3.76. The van der Waals surface area contributed by atoms with Crippen molar-refractivity contribution in [2.75, 3.05) is 18.9 Å². The van der Waals surface area contributed by atoms with Crippen LogP contribution in [0.5, 0.6) is 5.75 Å². The van der Waals surface area contributed by atoms with E-state index in [0.29, 0.717) is 36.9 Å². The van der Waals surface area contributed by atoms with Crippen LogP contribution in [0.4, 0.5) is 5.69 Å². The van der Waals surface area contributed by atoms with Crippen molar-refractivity contribution in [2.24, 2.45) is 4.40 Å². The number of amides is 1. The van der Waals surface area contributed by atoms with E-state index < -0.39 is 10.0 Å². The summed E-state index contributed by atoms with van der Waals surface area (Å²) in [6.45, 7) is 0.817. The van der Waals surface area contributed by atoms with Gasteiger partial charge in [0.1, 0.15) is 11.6 Å². The summed E-state index contributed by atoms with van der Waals surface area (Å²) >= 11 is 0. The molecular weight excluding hydrogens is 438 g/mol. The van der Waals surface area contributed by atoms with Gasteiger partial charge >= 0.3 is 0 Å². The topological polar surface area (TPSA) is 88.1 Å². The summed E-state index contributed by atoms with van der Waals surface area (Å²) < 4.78 is 35.1. The largest absolute Gasteiger partial charge is 0.490 e. The number of likely N-dealkylation sites (tertiary alicyclic amines) is 1. The van der Waals surface area contributed by atoms with E-state index in [1.807, 2.05) is 36.2 Å². The number of amidine groups is 1. The molecule has 7 nitrogen and oxygen atoms in total. The number of hydrogen-bond donors (Lipinski definition) is 1. The van der Waals surface area contributed by atoms with Gasteiger partial charge in [-0.15, -0.1) is 4.40 Å². The fourth-order valence-corrected chi connectivity index (χ4v) is 5.36. The highest BCUT2D eigenvalue weighted by molar-refractivity contribution is 7.90. The van der Waals surface area contributed by atoms with Crippen LogP contribution in [0.15, 0.2) is 57.8 Å². The molecule has 0 atom stereocenters.